The van der Waals surface area contributed by atoms with Crippen molar-refractivity contribution in [3.05, 3.63) is 95.7 Å². The van der Waals surface area contributed by atoms with Crippen LogP contribution < -0.4 is 9.04 Å². The van der Waals surface area contributed by atoms with Crippen LogP contribution in [0, 0.1) is 6.92 Å². The van der Waals surface area contributed by atoms with Gasteiger partial charge in [0, 0.05) is 17.1 Å². The maximum Gasteiger partial charge on any atom is 0.573 e. The van der Waals surface area contributed by atoms with Gasteiger partial charge in [-0.3, -0.25) is 0 Å². The van der Waals surface area contributed by atoms with E-state index >= 15 is 0 Å². The van der Waals surface area contributed by atoms with Gasteiger partial charge in [-0.25, -0.2) is 22.5 Å². The number of carbonyl (C=O) groups is 1. The molecule has 0 aliphatic heterocycles. The highest BCUT2D eigenvalue weighted by Gasteiger charge is 2.31. The molecule has 11 heteroatoms. The number of carboxylic acids is 1. The largest absolute Gasteiger partial charge is 0.573 e. The van der Waals surface area contributed by atoms with E-state index in [1.54, 1.807) is 6.92 Å². The number of halogens is 3. The number of hydrogen-bond acceptors (Lipinski definition) is 5. The molecule has 0 aliphatic rings. The van der Waals surface area contributed by atoms with Crippen molar-refractivity contribution in [3.63, 3.8) is 0 Å². The van der Waals surface area contributed by atoms with Crippen LogP contribution in [0.2, 0.25) is 0 Å². The molecular formula is C25H19F3N2O5S. The number of fused-ring (bicyclic) bond motifs is 1. The Labute approximate surface area is 204 Å². The lowest BCUT2D eigenvalue weighted by Gasteiger charge is -2.26. The van der Waals surface area contributed by atoms with Crippen molar-refractivity contribution in [2.24, 2.45) is 0 Å². The third kappa shape index (κ3) is 5.25. The number of nitrogens with zero attached hydrogens (tertiary/aromatic N) is 2. The highest BCUT2D eigenvalue weighted by atomic mass is 32.2. The maximum absolute atomic E-state index is 13.7. The van der Waals surface area contributed by atoms with Crippen LogP contribution in [0.1, 0.15) is 21.5 Å². The molecule has 4 rings (SSSR count). The number of aromatic carboxylic acids is 1. The minimum absolute atomic E-state index is 0.0826. The van der Waals surface area contributed by atoms with Gasteiger partial charge in [-0.05, 0) is 54.3 Å². The summed E-state index contributed by atoms with van der Waals surface area (Å²) in [5.41, 5.74) is 0.876. The van der Waals surface area contributed by atoms with Gasteiger partial charge in [0.25, 0.3) is 10.0 Å². The zero-order chi connectivity index (χ0) is 26.1. The number of hydrogen-bond donors (Lipinski definition) is 1. The zero-order valence-electron chi connectivity index (χ0n) is 18.7. The second-order valence-corrected chi connectivity index (χ2v) is 9.69. The van der Waals surface area contributed by atoms with E-state index in [1.807, 2.05) is 24.3 Å². The van der Waals surface area contributed by atoms with Gasteiger partial charge in [-0.2, -0.15) is 0 Å². The summed E-state index contributed by atoms with van der Waals surface area (Å²) in [6, 6.07) is 16.9. The number of rotatable bonds is 7. The molecule has 0 aliphatic carbocycles. The van der Waals surface area contributed by atoms with Crippen LogP contribution in [0.15, 0.2) is 83.9 Å². The van der Waals surface area contributed by atoms with Crippen molar-refractivity contribution in [2.45, 2.75) is 24.7 Å². The summed E-state index contributed by atoms with van der Waals surface area (Å²) in [7, 11) is -4.26. The lowest BCUT2D eigenvalue weighted by atomic mass is 10.1. The normalized spacial score (nSPS) is 11.9. The number of aromatic nitrogens is 1. The van der Waals surface area contributed by atoms with E-state index in [0.29, 0.717) is 11.1 Å². The summed E-state index contributed by atoms with van der Waals surface area (Å²) in [4.78, 5) is 15.4. The fourth-order valence-electron chi connectivity index (χ4n) is 3.68. The van der Waals surface area contributed by atoms with Gasteiger partial charge < -0.3 is 9.84 Å². The SMILES string of the molecule is Cc1c(N(Cc2ccc(OC(F)(F)F)cc2)S(=O)(=O)c2ccc(C(=O)O)cc2)ncc2ccccc12. The number of aryl methyl sites for hydroxylation is 1. The van der Waals surface area contributed by atoms with Crippen molar-refractivity contribution < 1.29 is 36.2 Å². The monoisotopic (exact) mass is 516 g/mol. The van der Waals surface area contributed by atoms with Crippen LogP contribution in [0.5, 0.6) is 5.75 Å². The van der Waals surface area contributed by atoms with Crippen LogP contribution in [-0.4, -0.2) is 30.8 Å². The molecule has 4 aromatic rings. The van der Waals surface area contributed by atoms with Crippen LogP contribution in [-0.2, 0) is 16.6 Å². The van der Waals surface area contributed by atoms with E-state index < -0.39 is 28.1 Å². The number of benzene rings is 3. The predicted octanol–water partition coefficient (Wildman–Crippen LogP) is 5.54. The Bertz CT molecular complexity index is 1520. The van der Waals surface area contributed by atoms with Crippen LogP contribution >= 0.6 is 0 Å². The van der Waals surface area contributed by atoms with Gasteiger partial charge in [0.15, 0.2) is 0 Å². The average Bonchev–Trinajstić information content (AvgIpc) is 2.83. The summed E-state index contributed by atoms with van der Waals surface area (Å²) >= 11 is 0. The standard InChI is InChI=1S/C25H19F3N2O5S/c1-16-22-5-3-2-4-19(22)14-29-23(16)30(15-17-6-10-20(11-7-17)35-25(26,27)28)36(33,34)21-12-8-18(9-13-21)24(31)32/h2-14H,15H2,1H3,(H,31,32). The van der Waals surface area contributed by atoms with E-state index in [4.69, 9.17) is 5.11 Å². The van der Waals surface area contributed by atoms with Crippen molar-refractivity contribution in [2.75, 3.05) is 4.31 Å². The zero-order valence-corrected chi connectivity index (χ0v) is 19.5. The van der Waals surface area contributed by atoms with E-state index in [9.17, 15) is 26.4 Å². The highest BCUT2D eigenvalue weighted by molar-refractivity contribution is 7.92. The molecule has 0 saturated heterocycles. The average molecular weight is 516 g/mol. The third-order valence-electron chi connectivity index (χ3n) is 5.43. The number of sulfonamides is 1. The Kier molecular flexibility index (Phi) is 6.59. The topological polar surface area (TPSA) is 96.8 Å². The Hall–Kier alpha value is -4.12. The van der Waals surface area contributed by atoms with Crippen LogP contribution in [0.25, 0.3) is 10.8 Å². The minimum Gasteiger partial charge on any atom is -0.478 e. The second-order valence-electron chi connectivity index (χ2n) is 7.83. The fourth-order valence-corrected chi connectivity index (χ4v) is 5.15. The number of ether oxygens (including phenoxy) is 1. The Balaban J connectivity index is 1.79. The molecule has 36 heavy (non-hydrogen) atoms. The lowest BCUT2D eigenvalue weighted by Crippen LogP contribution is -2.32. The quantitative estimate of drug-likeness (QED) is 0.347. The van der Waals surface area contributed by atoms with Gasteiger partial charge in [-0.15, -0.1) is 13.2 Å². The number of carboxylic acid groups (broad SMARTS) is 1. The van der Waals surface area contributed by atoms with E-state index in [0.717, 1.165) is 27.2 Å². The van der Waals surface area contributed by atoms with Gasteiger partial charge in [0.1, 0.15) is 11.6 Å². The molecule has 0 bridgehead atoms. The molecule has 1 aromatic heterocycles. The number of anilines is 1. The molecule has 0 amide bonds. The van der Waals surface area contributed by atoms with Gasteiger partial charge >= 0.3 is 12.3 Å². The molecule has 0 unspecified atom stereocenters. The van der Waals surface area contributed by atoms with E-state index in [1.165, 1.54) is 42.6 Å². The summed E-state index contributed by atoms with van der Waals surface area (Å²) in [5, 5.41) is 10.7. The van der Waals surface area contributed by atoms with Crippen molar-refractivity contribution >= 4 is 32.6 Å². The first kappa shape index (κ1) is 25.0. The Morgan fingerprint density at radius 1 is 1.00 bits per heavy atom. The fraction of sp³-hybridized carbons (Fsp3) is 0.120. The van der Waals surface area contributed by atoms with Gasteiger partial charge in [-0.1, -0.05) is 36.4 Å². The molecule has 0 atom stereocenters. The Morgan fingerprint density at radius 2 is 1.64 bits per heavy atom. The molecule has 0 fully saturated rings. The summed E-state index contributed by atoms with van der Waals surface area (Å²) in [6.45, 7) is 1.47. The summed E-state index contributed by atoms with van der Waals surface area (Å²) in [6.07, 6.45) is -3.32. The molecule has 1 heterocycles. The first-order valence-corrected chi connectivity index (χ1v) is 11.9. The first-order valence-electron chi connectivity index (χ1n) is 10.5. The van der Waals surface area contributed by atoms with Crippen LogP contribution in [0.3, 0.4) is 0 Å². The van der Waals surface area contributed by atoms with Crippen LogP contribution in [0.4, 0.5) is 19.0 Å². The van der Waals surface area contributed by atoms with Crippen molar-refractivity contribution in [1.29, 1.82) is 0 Å². The molecule has 7 nitrogen and oxygen atoms in total. The second kappa shape index (κ2) is 9.50. The molecule has 0 saturated carbocycles. The van der Waals surface area contributed by atoms with E-state index in [2.05, 4.69) is 9.72 Å². The third-order valence-corrected chi connectivity index (χ3v) is 7.18. The highest BCUT2D eigenvalue weighted by Crippen LogP contribution is 2.32. The molecule has 0 radical (unpaired) electrons. The summed E-state index contributed by atoms with van der Waals surface area (Å²) < 4.78 is 69.9. The summed E-state index contributed by atoms with van der Waals surface area (Å²) in [5.74, 6) is -1.51. The van der Waals surface area contributed by atoms with Gasteiger partial charge in [0.2, 0.25) is 0 Å². The van der Waals surface area contributed by atoms with Crippen molar-refractivity contribution in [1.82, 2.24) is 4.98 Å². The predicted molar refractivity (Wildman–Crippen MR) is 126 cm³/mol. The minimum atomic E-state index is -4.86. The molecule has 186 valence electrons. The van der Waals surface area contributed by atoms with Gasteiger partial charge in [0.05, 0.1) is 17.0 Å². The molecule has 1 N–H and O–H groups in total. The molecule has 0 spiro atoms. The molecular weight excluding hydrogens is 497 g/mol. The number of pyridine rings is 1. The lowest BCUT2D eigenvalue weighted by molar-refractivity contribution is -0.274. The smallest absolute Gasteiger partial charge is 0.478 e. The molecule has 3 aromatic carbocycles. The maximum atomic E-state index is 13.7. The first-order chi connectivity index (χ1) is 17.0. The van der Waals surface area contributed by atoms with Crippen molar-refractivity contribution in [3.8, 4) is 5.75 Å². The van der Waals surface area contributed by atoms with E-state index in [-0.39, 0.29) is 22.8 Å². The number of alkyl halides is 3. The Morgan fingerprint density at radius 3 is 2.25 bits per heavy atom.